The Balaban J connectivity index is 1.61. The first-order valence-corrected chi connectivity index (χ1v) is 12.1. The number of carbonyl (C=O) groups excluding carboxylic acids is 4. The molecule has 8 heteroatoms. The van der Waals surface area contributed by atoms with Gasteiger partial charge >= 0.3 is 0 Å². The molecular weight excluding hydrogens is 470 g/mol. The topological polar surface area (TPSA) is 96.0 Å². The number of amides is 3. The van der Waals surface area contributed by atoms with E-state index in [9.17, 15) is 19.2 Å². The van der Waals surface area contributed by atoms with E-state index in [1.807, 2.05) is 38.1 Å². The number of ether oxygens (including phenoxy) is 1. The molecule has 0 bridgehead atoms. The second-order valence-corrected chi connectivity index (χ2v) is 8.89. The number of carbonyl (C=O) groups is 4. The molecule has 3 aromatic rings. The van der Waals surface area contributed by atoms with Crippen LogP contribution in [-0.4, -0.2) is 48.1 Å². The van der Waals surface area contributed by atoms with Crippen LogP contribution in [-0.2, 0) is 20.9 Å². The second-order valence-electron chi connectivity index (χ2n) is 8.89. The molecule has 1 aliphatic rings. The molecule has 0 aromatic heterocycles. The lowest BCUT2D eigenvalue weighted by molar-refractivity contribution is -0.138. The summed E-state index contributed by atoms with van der Waals surface area (Å²) in [5.74, 6) is -1.52. The second kappa shape index (κ2) is 11.1. The number of hydrogen-bond acceptors (Lipinski definition) is 5. The quantitative estimate of drug-likeness (QED) is 0.450. The molecule has 8 nitrogen and oxygen atoms in total. The number of ketones is 1. The van der Waals surface area contributed by atoms with Crippen LogP contribution >= 0.6 is 0 Å². The van der Waals surface area contributed by atoms with Crippen molar-refractivity contribution in [1.82, 2.24) is 4.90 Å². The van der Waals surface area contributed by atoms with Crippen molar-refractivity contribution in [2.24, 2.45) is 0 Å². The number of methoxy groups -OCH3 is 1. The highest BCUT2D eigenvalue weighted by atomic mass is 16.5. The van der Waals surface area contributed by atoms with Gasteiger partial charge < -0.3 is 15.0 Å². The molecule has 4 rings (SSSR count). The molecule has 3 amide bonds. The van der Waals surface area contributed by atoms with Gasteiger partial charge in [-0.05, 0) is 55.3 Å². The van der Waals surface area contributed by atoms with Gasteiger partial charge in [-0.3, -0.25) is 24.1 Å². The van der Waals surface area contributed by atoms with Gasteiger partial charge in [0.1, 0.15) is 18.3 Å². The predicted octanol–water partition coefficient (Wildman–Crippen LogP) is 3.98. The summed E-state index contributed by atoms with van der Waals surface area (Å²) in [5, 5.41) is 2.88. The predicted molar refractivity (Wildman–Crippen MR) is 141 cm³/mol. The fraction of sp³-hybridized carbons (Fsp3) is 0.241. The summed E-state index contributed by atoms with van der Waals surface area (Å²) in [7, 11) is 1.56. The van der Waals surface area contributed by atoms with E-state index in [1.165, 1.54) is 9.80 Å². The fourth-order valence-corrected chi connectivity index (χ4v) is 4.34. The van der Waals surface area contributed by atoms with Crippen LogP contribution in [0.4, 0.5) is 11.4 Å². The number of fused-ring (bicyclic) bond motifs is 1. The van der Waals surface area contributed by atoms with Crippen molar-refractivity contribution < 1.29 is 23.9 Å². The third-order valence-electron chi connectivity index (χ3n) is 6.39. The summed E-state index contributed by atoms with van der Waals surface area (Å²) < 4.78 is 5.17. The normalized spacial score (nSPS) is 13.2. The number of benzene rings is 3. The highest BCUT2D eigenvalue weighted by Crippen LogP contribution is 2.29. The van der Waals surface area contributed by atoms with Crippen molar-refractivity contribution >= 4 is 34.9 Å². The van der Waals surface area contributed by atoms with Crippen LogP contribution in [0, 0.1) is 6.92 Å². The maximum Gasteiger partial charge on any atom is 0.299 e. The number of Topliss-reactive ketones (excluding diaryl/α,β-unsaturated/α-hetero) is 1. The lowest BCUT2D eigenvalue weighted by atomic mass is 10.1. The summed E-state index contributed by atoms with van der Waals surface area (Å²) in [4.78, 5) is 54.9. The third kappa shape index (κ3) is 5.53. The Hall–Kier alpha value is -4.46. The van der Waals surface area contributed by atoms with Crippen LogP contribution in [0.25, 0.3) is 0 Å². The molecule has 0 fully saturated rings. The Morgan fingerprint density at radius 1 is 0.973 bits per heavy atom. The molecule has 1 N–H and O–H groups in total. The van der Waals surface area contributed by atoms with Crippen molar-refractivity contribution in [3.05, 3.63) is 89.5 Å². The van der Waals surface area contributed by atoms with Gasteiger partial charge in [0.15, 0.2) is 0 Å². The fourth-order valence-electron chi connectivity index (χ4n) is 4.34. The van der Waals surface area contributed by atoms with Crippen LogP contribution < -0.4 is 15.0 Å². The largest absolute Gasteiger partial charge is 0.497 e. The molecular formula is C29H29N3O5. The summed E-state index contributed by atoms with van der Waals surface area (Å²) in [6.07, 6.45) is 0.350. The molecule has 0 spiro atoms. The lowest BCUT2D eigenvalue weighted by Crippen LogP contribution is -2.50. The molecule has 0 unspecified atom stereocenters. The van der Waals surface area contributed by atoms with Gasteiger partial charge in [-0.2, -0.15) is 0 Å². The number of nitrogens with zero attached hydrogens (tertiary/aromatic N) is 2. The smallest absolute Gasteiger partial charge is 0.299 e. The first-order chi connectivity index (χ1) is 17.8. The molecule has 0 radical (unpaired) electrons. The number of aryl methyl sites for hydroxylation is 1. The monoisotopic (exact) mass is 499 g/mol. The number of nitrogens with one attached hydrogen (secondary N) is 1. The molecule has 0 aliphatic carbocycles. The first-order valence-electron chi connectivity index (χ1n) is 12.1. The van der Waals surface area contributed by atoms with Gasteiger partial charge in [0.2, 0.25) is 11.8 Å². The number of para-hydroxylation sites is 1. The zero-order valence-electron chi connectivity index (χ0n) is 21.1. The van der Waals surface area contributed by atoms with E-state index >= 15 is 0 Å². The van der Waals surface area contributed by atoms with Gasteiger partial charge in [0.25, 0.3) is 11.7 Å². The van der Waals surface area contributed by atoms with Crippen LogP contribution in [0.5, 0.6) is 5.75 Å². The molecule has 3 aromatic carbocycles. The highest BCUT2D eigenvalue weighted by molar-refractivity contribution is 6.52. The van der Waals surface area contributed by atoms with Gasteiger partial charge in [-0.1, -0.05) is 48.9 Å². The average molecular weight is 500 g/mol. The zero-order valence-corrected chi connectivity index (χ0v) is 21.1. The highest BCUT2D eigenvalue weighted by Gasteiger charge is 2.38. The Bertz CT molecular complexity index is 1320. The standard InChI is InChI=1S/C29H29N3O5/c1-4-24(28(35)30-21-13-15-22(37-3)16-14-21)31(17-20-11-9-19(2)10-12-20)26(33)18-32-25-8-6-5-7-23(25)27(34)29(32)36/h5-16,24H,4,17-18H2,1-3H3,(H,30,35)/t24-/m0/s1. The molecule has 1 heterocycles. The minimum absolute atomic E-state index is 0.172. The minimum atomic E-state index is -0.806. The lowest BCUT2D eigenvalue weighted by Gasteiger charge is -2.32. The number of rotatable bonds is 9. The first kappa shape index (κ1) is 25.6. The van der Waals surface area contributed by atoms with E-state index in [4.69, 9.17) is 4.74 Å². The Kier molecular flexibility index (Phi) is 7.67. The van der Waals surface area contributed by atoms with E-state index in [0.717, 1.165) is 11.1 Å². The summed E-state index contributed by atoms with van der Waals surface area (Å²) in [6, 6.07) is 20.4. The van der Waals surface area contributed by atoms with Crippen molar-refractivity contribution in [3.63, 3.8) is 0 Å². The van der Waals surface area contributed by atoms with E-state index < -0.39 is 23.6 Å². The maximum atomic E-state index is 13.7. The summed E-state index contributed by atoms with van der Waals surface area (Å²) >= 11 is 0. The molecule has 37 heavy (non-hydrogen) atoms. The minimum Gasteiger partial charge on any atom is -0.497 e. The van der Waals surface area contributed by atoms with Gasteiger partial charge in [0, 0.05) is 12.2 Å². The van der Waals surface area contributed by atoms with Crippen molar-refractivity contribution in [2.75, 3.05) is 23.9 Å². The van der Waals surface area contributed by atoms with Gasteiger partial charge in [-0.15, -0.1) is 0 Å². The Morgan fingerprint density at radius 3 is 2.30 bits per heavy atom. The van der Waals surface area contributed by atoms with E-state index in [2.05, 4.69) is 5.32 Å². The van der Waals surface area contributed by atoms with E-state index in [-0.39, 0.29) is 24.6 Å². The van der Waals surface area contributed by atoms with Crippen LogP contribution in [0.15, 0.2) is 72.8 Å². The van der Waals surface area contributed by atoms with E-state index in [0.29, 0.717) is 23.5 Å². The van der Waals surface area contributed by atoms with Crippen LogP contribution in [0.1, 0.15) is 34.8 Å². The molecule has 1 aliphatic heterocycles. The summed E-state index contributed by atoms with van der Waals surface area (Å²) in [6.45, 7) is 3.62. The van der Waals surface area contributed by atoms with Crippen LogP contribution in [0.2, 0.25) is 0 Å². The third-order valence-corrected chi connectivity index (χ3v) is 6.39. The van der Waals surface area contributed by atoms with Gasteiger partial charge in [-0.25, -0.2) is 0 Å². The molecule has 0 saturated heterocycles. The maximum absolute atomic E-state index is 13.7. The Labute approximate surface area is 215 Å². The van der Waals surface area contributed by atoms with Crippen molar-refractivity contribution in [2.45, 2.75) is 32.9 Å². The number of anilines is 2. The van der Waals surface area contributed by atoms with Crippen LogP contribution in [0.3, 0.4) is 0 Å². The molecule has 190 valence electrons. The van der Waals surface area contributed by atoms with E-state index in [1.54, 1.807) is 55.6 Å². The average Bonchev–Trinajstić information content (AvgIpc) is 3.15. The summed E-state index contributed by atoms with van der Waals surface area (Å²) in [5.41, 5.74) is 3.16. The SMILES string of the molecule is CC[C@@H](C(=O)Nc1ccc(OC)cc1)N(Cc1ccc(C)cc1)C(=O)CN1C(=O)C(=O)c2ccccc21. The van der Waals surface area contributed by atoms with Gasteiger partial charge in [0.05, 0.1) is 18.4 Å². The molecule has 0 saturated carbocycles. The molecule has 1 atom stereocenters. The number of hydrogen-bond donors (Lipinski definition) is 1. The Morgan fingerprint density at radius 2 is 1.65 bits per heavy atom. The van der Waals surface area contributed by atoms with Crippen molar-refractivity contribution in [3.8, 4) is 5.75 Å². The zero-order chi connectivity index (χ0) is 26.5. The van der Waals surface area contributed by atoms with Crippen molar-refractivity contribution in [1.29, 1.82) is 0 Å².